The molecular weight excluding hydrogens is 318 g/mol. The molecule has 19 heavy (non-hydrogen) atoms. The van der Waals surface area contributed by atoms with E-state index in [0.29, 0.717) is 5.46 Å². The molecule has 0 atom stereocenters. The normalized spacial score (nSPS) is 10.6. The molecule has 0 N–H and O–H groups in total. The lowest BCUT2D eigenvalue weighted by Gasteiger charge is -2.07. The molecule has 2 aromatic carbocycles. The van der Waals surface area contributed by atoms with Gasteiger partial charge in [0, 0.05) is 14.8 Å². The van der Waals surface area contributed by atoms with E-state index < -0.39 is 5.27 Å². The zero-order valence-corrected chi connectivity index (χ0v) is 13.5. The zero-order chi connectivity index (χ0) is 14.0. The molecule has 0 spiro atoms. The van der Waals surface area contributed by atoms with Crippen LogP contribution in [0.15, 0.2) is 46.2 Å². The summed E-state index contributed by atoms with van der Waals surface area (Å²) in [5.74, 6) is -0.286. The summed E-state index contributed by atoms with van der Waals surface area (Å²) in [6.45, 7) is 1.95. The lowest BCUT2D eigenvalue weighted by Crippen LogP contribution is -2.22. The molecule has 2 rings (SSSR count). The van der Waals surface area contributed by atoms with E-state index in [4.69, 9.17) is 11.6 Å². The Kier molecular flexibility index (Phi) is 5.18. The van der Waals surface area contributed by atoms with Gasteiger partial charge >= 0.3 is 5.27 Å². The fourth-order valence-corrected chi connectivity index (χ4v) is 3.08. The minimum atomic E-state index is -0.406. The van der Waals surface area contributed by atoms with Crippen LogP contribution in [0.3, 0.4) is 0 Å². The molecule has 0 unspecified atom stereocenters. The molecule has 2 aromatic rings. The van der Waals surface area contributed by atoms with E-state index in [0.717, 1.165) is 20.4 Å². The van der Waals surface area contributed by atoms with Gasteiger partial charge in [0.1, 0.15) is 5.82 Å². The SMILES string of the molecule is Cc1cc(Sc2ccc(B(S)S)c(F)c2)ccc1Cl. The summed E-state index contributed by atoms with van der Waals surface area (Å²) in [4.78, 5) is 1.87. The molecule has 0 aliphatic rings. The first kappa shape index (κ1) is 15.2. The van der Waals surface area contributed by atoms with Gasteiger partial charge in [-0.25, -0.2) is 29.4 Å². The van der Waals surface area contributed by atoms with Crippen molar-refractivity contribution in [2.24, 2.45) is 0 Å². The van der Waals surface area contributed by atoms with Crippen LogP contribution < -0.4 is 5.46 Å². The van der Waals surface area contributed by atoms with Crippen molar-refractivity contribution in [2.75, 3.05) is 0 Å². The van der Waals surface area contributed by atoms with Gasteiger partial charge in [-0.15, -0.1) is 0 Å². The topological polar surface area (TPSA) is 0 Å². The summed E-state index contributed by atoms with van der Waals surface area (Å²) >= 11 is 15.7. The molecule has 0 nitrogen and oxygen atoms in total. The average Bonchev–Trinajstić information content (AvgIpc) is 2.33. The Hall–Kier alpha value is -0.225. The van der Waals surface area contributed by atoms with Crippen LogP contribution >= 0.6 is 48.3 Å². The summed E-state index contributed by atoms with van der Waals surface area (Å²) in [6.07, 6.45) is 0. The molecule has 0 bridgehead atoms. The number of hydrogen-bond acceptors (Lipinski definition) is 3. The fraction of sp³-hybridized carbons (Fsp3) is 0.0769. The molecule has 0 amide bonds. The zero-order valence-electron chi connectivity index (χ0n) is 10.1. The van der Waals surface area contributed by atoms with Crippen molar-refractivity contribution in [3.63, 3.8) is 0 Å². The Morgan fingerprint density at radius 1 is 1.11 bits per heavy atom. The third-order valence-electron chi connectivity index (χ3n) is 2.62. The monoisotopic (exact) mass is 328 g/mol. The molecular formula is C13H11BClFS3. The molecule has 0 saturated carbocycles. The van der Waals surface area contributed by atoms with Gasteiger partial charge in [-0.05, 0) is 48.3 Å². The Labute approximate surface area is 132 Å². The molecule has 0 aromatic heterocycles. The Morgan fingerprint density at radius 2 is 1.74 bits per heavy atom. The molecule has 98 valence electrons. The second-order valence-corrected chi connectivity index (χ2v) is 7.06. The number of thiol groups is 2. The minimum absolute atomic E-state index is 0.286. The molecule has 0 radical (unpaired) electrons. The van der Waals surface area contributed by atoms with E-state index in [1.807, 2.05) is 31.2 Å². The highest BCUT2D eigenvalue weighted by Gasteiger charge is 2.12. The lowest BCUT2D eigenvalue weighted by atomic mass is 9.92. The van der Waals surface area contributed by atoms with Crippen molar-refractivity contribution in [3.8, 4) is 0 Å². The number of hydrogen-bond donors (Lipinski definition) is 2. The van der Waals surface area contributed by atoms with Crippen LogP contribution in [0, 0.1) is 12.7 Å². The van der Waals surface area contributed by atoms with Crippen molar-refractivity contribution >= 4 is 59.1 Å². The lowest BCUT2D eigenvalue weighted by molar-refractivity contribution is 0.632. The molecule has 0 fully saturated rings. The van der Waals surface area contributed by atoms with Crippen LogP contribution in [-0.2, 0) is 0 Å². The average molecular weight is 329 g/mol. The second-order valence-electron chi connectivity index (χ2n) is 4.07. The Morgan fingerprint density at radius 3 is 2.32 bits per heavy atom. The molecule has 6 heteroatoms. The molecule has 0 aliphatic carbocycles. The third kappa shape index (κ3) is 3.88. The predicted molar refractivity (Wildman–Crippen MR) is 90.1 cm³/mol. The van der Waals surface area contributed by atoms with Gasteiger partial charge in [-0.3, -0.25) is 0 Å². The van der Waals surface area contributed by atoms with Crippen molar-refractivity contribution in [2.45, 2.75) is 16.7 Å². The van der Waals surface area contributed by atoms with Gasteiger partial charge in [0.05, 0.1) is 0 Å². The van der Waals surface area contributed by atoms with Crippen LogP contribution in [0.2, 0.25) is 5.02 Å². The van der Waals surface area contributed by atoms with Gasteiger partial charge in [0.2, 0.25) is 0 Å². The number of halogens is 2. The highest BCUT2D eigenvalue weighted by atomic mass is 35.5. The van der Waals surface area contributed by atoms with E-state index in [-0.39, 0.29) is 5.82 Å². The number of aryl methyl sites for hydroxylation is 1. The number of benzene rings is 2. The summed E-state index contributed by atoms with van der Waals surface area (Å²) in [5, 5.41) is 0.329. The smallest absolute Gasteiger partial charge is 0.208 e. The highest BCUT2D eigenvalue weighted by molar-refractivity contribution is 8.42. The van der Waals surface area contributed by atoms with E-state index in [1.165, 1.54) is 17.8 Å². The van der Waals surface area contributed by atoms with Crippen molar-refractivity contribution in [3.05, 3.63) is 52.8 Å². The maximum atomic E-state index is 13.8. The van der Waals surface area contributed by atoms with Crippen LogP contribution in [0.5, 0.6) is 0 Å². The minimum Gasteiger partial charge on any atom is -0.208 e. The summed E-state index contributed by atoms with van der Waals surface area (Å²) in [6, 6.07) is 10.8. The van der Waals surface area contributed by atoms with Crippen LogP contribution in [0.25, 0.3) is 0 Å². The largest absolute Gasteiger partial charge is 0.304 e. The van der Waals surface area contributed by atoms with E-state index in [1.54, 1.807) is 6.07 Å². The van der Waals surface area contributed by atoms with E-state index in [9.17, 15) is 4.39 Å². The molecule has 0 aliphatic heterocycles. The van der Waals surface area contributed by atoms with Gasteiger partial charge in [0.25, 0.3) is 0 Å². The number of rotatable bonds is 3. The van der Waals surface area contributed by atoms with Crippen LogP contribution in [-0.4, -0.2) is 5.27 Å². The Balaban J connectivity index is 2.24. The predicted octanol–water partition coefficient (Wildman–Crippen LogP) is 4.49. The molecule has 0 heterocycles. The van der Waals surface area contributed by atoms with Gasteiger partial charge in [0.15, 0.2) is 0 Å². The first-order valence-electron chi connectivity index (χ1n) is 5.57. The highest BCUT2D eigenvalue weighted by Crippen LogP contribution is 2.30. The van der Waals surface area contributed by atoms with Gasteiger partial charge < -0.3 is 0 Å². The van der Waals surface area contributed by atoms with E-state index >= 15 is 0 Å². The summed E-state index contributed by atoms with van der Waals surface area (Å²) in [7, 11) is 0. The first-order valence-corrected chi connectivity index (χ1v) is 7.79. The van der Waals surface area contributed by atoms with Crippen molar-refractivity contribution < 1.29 is 4.39 Å². The standard InChI is InChI=1S/C13H11BClFS3/c1-8-6-9(3-5-12(8)15)19-10-2-4-11(14(17)18)13(16)7-10/h2-7,17-18H,1H3. The van der Waals surface area contributed by atoms with E-state index in [2.05, 4.69) is 25.0 Å². The third-order valence-corrected chi connectivity index (χ3v) is 4.57. The molecule has 0 saturated heterocycles. The van der Waals surface area contributed by atoms with Crippen molar-refractivity contribution in [1.29, 1.82) is 0 Å². The first-order chi connectivity index (χ1) is 8.97. The summed E-state index contributed by atoms with van der Waals surface area (Å²) < 4.78 is 13.8. The van der Waals surface area contributed by atoms with Crippen molar-refractivity contribution in [1.82, 2.24) is 0 Å². The summed E-state index contributed by atoms with van der Waals surface area (Å²) in [5.41, 5.74) is 1.50. The fourth-order valence-electron chi connectivity index (χ4n) is 1.60. The van der Waals surface area contributed by atoms with Crippen LogP contribution in [0.4, 0.5) is 4.39 Å². The van der Waals surface area contributed by atoms with Gasteiger partial charge in [-0.1, -0.05) is 29.4 Å². The Bertz CT molecular complexity index is 604. The van der Waals surface area contributed by atoms with Gasteiger partial charge in [-0.2, -0.15) is 0 Å². The quantitative estimate of drug-likeness (QED) is 0.618. The second kappa shape index (κ2) is 6.48. The van der Waals surface area contributed by atoms with Crippen LogP contribution in [0.1, 0.15) is 5.56 Å². The maximum absolute atomic E-state index is 13.8. The maximum Gasteiger partial charge on any atom is 0.304 e.